The highest BCUT2D eigenvalue weighted by molar-refractivity contribution is 5.38. The summed E-state index contributed by atoms with van der Waals surface area (Å²) in [5.74, 6) is 2.16. The second-order valence-corrected chi connectivity index (χ2v) is 3.99. The third-order valence-electron chi connectivity index (χ3n) is 3.06. The van der Waals surface area contributed by atoms with Crippen molar-refractivity contribution in [1.82, 2.24) is 0 Å². The lowest BCUT2D eigenvalue weighted by Gasteiger charge is -2.29. The van der Waals surface area contributed by atoms with E-state index in [1.165, 1.54) is 5.56 Å². The van der Waals surface area contributed by atoms with Crippen molar-refractivity contribution in [3.8, 4) is 5.75 Å². The fourth-order valence-corrected chi connectivity index (χ4v) is 2.12. The molecule has 1 heterocycles. The summed E-state index contributed by atoms with van der Waals surface area (Å²) in [5.41, 5.74) is 7.05. The van der Waals surface area contributed by atoms with Crippen molar-refractivity contribution in [1.29, 1.82) is 0 Å². The molecule has 0 aromatic heterocycles. The molecular weight excluding hydrogens is 174 g/mol. The maximum Gasteiger partial charge on any atom is 0.122 e. The van der Waals surface area contributed by atoms with Gasteiger partial charge in [0.1, 0.15) is 5.75 Å². The third kappa shape index (κ3) is 1.62. The number of ether oxygens (including phenoxy) is 1. The molecule has 14 heavy (non-hydrogen) atoms. The molecule has 2 nitrogen and oxygen atoms in total. The van der Waals surface area contributed by atoms with E-state index in [0.717, 1.165) is 25.3 Å². The van der Waals surface area contributed by atoms with Crippen LogP contribution in [0.25, 0.3) is 0 Å². The highest BCUT2D eigenvalue weighted by Crippen LogP contribution is 2.37. The maximum atomic E-state index is 5.72. The largest absolute Gasteiger partial charge is 0.493 e. The van der Waals surface area contributed by atoms with Crippen LogP contribution >= 0.6 is 0 Å². The fourth-order valence-electron chi connectivity index (χ4n) is 2.12. The van der Waals surface area contributed by atoms with Gasteiger partial charge in [0, 0.05) is 0 Å². The summed E-state index contributed by atoms with van der Waals surface area (Å²) < 4.78 is 5.61. The van der Waals surface area contributed by atoms with Crippen LogP contribution in [-0.4, -0.2) is 13.2 Å². The number of nitrogens with two attached hydrogens (primary N) is 1. The summed E-state index contributed by atoms with van der Waals surface area (Å²) in [7, 11) is 0. The van der Waals surface area contributed by atoms with Crippen molar-refractivity contribution in [2.24, 2.45) is 11.7 Å². The molecular formula is C12H17NO. The van der Waals surface area contributed by atoms with Crippen molar-refractivity contribution in [3.05, 3.63) is 29.8 Å². The van der Waals surface area contributed by atoms with Crippen LogP contribution in [0, 0.1) is 5.92 Å². The second-order valence-electron chi connectivity index (χ2n) is 3.99. The number of fused-ring (bicyclic) bond motifs is 1. The zero-order valence-electron chi connectivity index (χ0n) is 8.57. The predicted octanol–water partition coefficient (Wildman–Crippen LogP) is 2.15. The van der Waals surface area contributed by atoms with Gasteiger partial charge in [0.15, 0.2) is 0 Å². The van der Waals surface area contributed by atoms with Gasteiger partial charge in [0.2, 0.25) is 0 Å². The van der Waals surface area contributed by atoms with E-state index in [0.29, 0.717) is 11.8 Å². The van der Waals surface area contributed by atoms with Gasteiger partial charge >= 0.3 is 0 Å². The first-order valence-corrected chi connectivity index (χ1v) is 5.24. The minimum Gasteiger partial charge on any atom is -0.493 e. The van der Waals surface area contributed by atoms with Crippen LogP contribution in [0.4, 0.5) is 0 Å². The lowest BCUT2D eigenvalue weighted by atomic mass is 9.83. The first-order valence-electron chi connectivity index (χ1n) is 5.24. The molecule has 1 aromatic rings. The molecule has 0 radical (unpaired) electrons. The summed E-state index contributed by atoms with van der Waals surface area (Å²) in [6, 6.07) is 8.30. The summed E-state index contributed by atoms with van der Waals surface area (Å²) >= 11 is 0. The molecule has 1 unspecified atom stereocenters. The molecule has 2 rings (SSSR count). The van der Waals surface area contributed by atoms with Gasteiger partial charge in [-0.1, -0.05) is 25.1 Å². The Hall–Kier alpha value is -1.02. The van der Waals surface area contributed by atoms with Gasteiger partial charge in [0.05, 0.1) is 6.61 Å². The Morgan fingerprint density at radius 2 is 2.29 bits per heavy atom. The second kappa shape index (κ2) is 4.01. The van der Waals surface area contributed by atoms with E-state index in [-0.39, 0.29) is 0 Å². The highest BCUT2D eigenvalue weighted by atomic mass is 16.5. The minimum absolute atomic E-state index is 0.542. The van der Waals surface area contributed by atoms with Crippen LogP contribution in [0.15, 0.2) is 24.3 Å². The molecule has 2 atom stereocenters. The van der Waals surface area contributed by atoms with Crippen LogP contribution in [0.1, 0.15) is 24.8 Å². The summed E-state index contributed by atoms with van der Waals surface area (Å²) in [6.07, 6.45) is 1.09. The lowest BCUT2D eigenvalue weighted by Crippen LogP contribution is -2.24. The summed E-state index contributed by atoms with van der Waals surface area (Å²) in [5, 5.41) is 0. The molecule has 0 amide bonds. The average molecular weight is 191 g/mol. The molecule has 1 aliphatic rings. The Labute approximate surface area is 85.1 Å². The number of hydrogen-bond donors (Lipinski definition) is 1. The maximum absolute atomic E-state index is 5.72. The van der Waals surface area contributed by atoms with E-state index in [4.69, 9.17) is 10.5 Å². The minimum atomic E-state index is 0.542. The van der Waals surface area contributed by atoms with E-state index in [1.807, 2.05) is 12.1 Å². The quantitative estimate of drug-likeness (QED) is 0.777. The third-order valence-corrected chi connectivity index (χ3v) is 3.06. The van der Waals surface area contributed by atoms with Crippen molar-refractivity contribution in [3.63, 3.8) is 0 Å². The van der Waals surface area contributed by atoms with Gasteiger partial charge in [0.25, 0.3) is 0 Å². The Kier molecular flexibility index (Phi) is 2.73. The van der Waals surface area contributed by atoms with Crippen LogP contribution in [0.3, 0.4) is 0 Å². The van der Waals surface area contributed by atoms with Crippen molar-refractivity contribution in [2.45, 2.75) is 19.3 Å². The molecule has 0 fully saturated rings. The van der Waals surface area contributed by atoms with Gasteiger partial charge in [-0.2, -0.15) is 0 Å². The van der Waals surface area contributed by atoms with Crippen LogP contribution < -0.4 is 10.5 Å². The van der Waals surface area contributed by atoms with Crippen molar-refractivity contribution in [2.75, 3.05) is 13.2 Å². The molecule has 2 N–H and O–H groups in total. The van der Waals surface area contributed by atoms with E-state index < -0.39 is 0 Å². The Bertz CT molecular complexity index is 311. The number of benzene rings is 1. The van der Waals surface area contributed by atoms with Gasteiger partial charge in [-0.15, -0.1) is 0 Å². The Morgan fingerprint density at radius 1 is 1.50 bits per heavy atom. The molecule has 76 valence electrons. The van der Waals surface area contributed by atoms with Crippen molar-refractivity contribution < 1.29 is 4.74 Å². The first kappa shape index (κ1) is 9.53. The van der Waals surface area contributed by atoms with Gasteiger partial charge in [-0.25, -0.2) is 0 Å². The zero-order valence-corrected chi connectivity index (χ0v) is 8.57. The predicted molar refractivity (Wildman–Crippen MR) is 57.5 cm³/mol. The lowest BCUT2D eigenvalue weighted by molar-refractivity contribution is 0.244. The fraction of sp³-hybridized carbons (Fsp3) is 0.500. The first-order chi connectivity index (χ1) is 6.83. The SMILES string of the molecule is C[C@H](CN)C1CCOc2ccccc21. The number of rotatable bonds is 2. The smallest absolute Gasteiger partial charge is 0.122 e. The van der Waals surface area contributed by atoms with E-state index in [2.05, 4.69) is 19.1 Å². The zero-order chi connectivity index (χ0) is 9.97. The normalized spacial score (nSPS) is 22.3. The van der Waals surface area contributed by atoms with E-state index in [9.17, 15) is 0 Å². The van der Waals surface area contributed by atoms with E-state index >= 15 is 0 Å². The van der Waals surface area contributed by atoms with Crippen molar-refractivity contribution >= 4 is 0 Å². The molecule has 0 spiro atoms. The molecule has 0 aliphatic carbocycles. The van der Waals surface area contributed by atoms with Crippen LogP contribution in [0.5, 0.6) is 5.75 Å². The van der Waals surface area contributed by atoms with Crippen LogP contribution in [-0.2, 0) is 0 Å². The van der Waals surface area contributed by atoms with Gasteiger partial charge in [-0.05, 0) is 36.4 Å². The van der Waals surface area contributed by atoms with E-state index in [1.54, 1.807) is 0 Å². The standard InChI is InChI=1S/C12H17NO/c1-9(8-13)10-6-7-14-12-5-3-2-4-11(10)12/h2-5,9-10H,6-8,13H2,1H3/t9-,10?/m1/s1. The molecule has 0 saturated heterocycles. The van der Waals surface area contributed by atoms with Crippen LogP contribution in [0.2, 0.25) is 0 Å². The monoisotopic (exact) mass is 191 g/mol. The van der Waals surface area contributed by atoms with Gasteiger partial charge in [-0.3, -0.25) is 0 Å². The molecule has 1 aliphatic heterocycles. The highest BCUT2D eigenvalue weighted by Gasteiger charge is 2.24. The van der Waals surface area contributed by atoms with Gasteiger partial charge < -0.3 is 10.5 Å². The summed E-state index contributed by atoms with van der Waals surface area (Å²) in [6.45, 7) is 3.79. The molecule has 0 saturated carbocycles. The topological polar surface area (TPSA) is 35.2 Å². The summed E-state index contributed by atoms with van der Waals surface area (Å²) in [4.78, 5) is 0. The number of para-hydroxylation sites is 1. The molecule has 1 aromatic carbocycles. The molecule has 0 bridgehead atoms. The molecule has 2 heteroatoms. The Morgan fingerprint density at radius 3 is 3.07 bits per heavy atom. The Balaban J connectivity index is 2.30. The average Bonchev–Trinajstić information content (AvgIpc) is 2.27. The number of hydrogen-bond acceptors (Lipinski definition) is 2.